The fourth-order valence-corrected chi connectivity index (χ4v) is 3.46. The smallest absolute Gasteiger partial charge is 0.416 e. The molecule has 1 aromatic carbocycles. The summed E-state index contributed by atoms with van der Waals surface area (Å²) in [6.45, 7) is 9.40. The molecule has 0 spiro atoms. The number of carbonyl (C=O) groups excluding carboxylic acids is 2. The largest absolute Gasteiger partial charge is 0.451 e. The van der Waals surface area contributed by atoms with E-state index in [1.165, 1.54) is 17.0 Å². The Kier molecular flexibility index (Phi) is 7.18. The molecule has 0 radical (unpaired) electrons. The summed E-state index contributed by atoms with van der Waals surface area (Å²) < 4.78 is 43.2. The second-order valence-corrected chi connectivity index (χ2v) is 7.45. The molecule has 2 aromatic rings. The Hall–Kier alpha value is -2.68. The number of likely N-dealkylation sites (N-methyl/N-ethyl adjacent to an activating group) is 1. The van der Waals surface area contributed by atoms with E-state index in [1.807, 2.05) is 6.92 Å². The molecule has 0 saturated carbocycles. The highest BCUT2D eigenvalue weighted by molar-refractivity contribution is 7.17. The third-order valence-electron chi connectivity index (χ3n) is 3.96. The zero-order valence-electron chi connectivity index (χ0n) is 16.3. The van der Waals surface area contributed by atoms with Gasteiger partial charge in [0.15, 0.2) is 6.61 Å². The molecule has 0 aliphatic heterocycles. The van der Waals surface area contributed by atoms with Gasteiger partial charge >= 0.3 is 12.1 Å². The van der Waals surface area contributed by atoms with Gasteiger partial charge < -0.3 is 9.64 Å². The van der Waals surface area contributed by atoms with Crippen molar-refractivity contribution < 1.29 is 27.5 Å². The van der Waals surface area contributed by atoms with Crippen molar-refractivity contribution in [3.63, 3.8) is 0 Å². The van der Waals surface area contributed by atoms with E-state index in [0.717, 1.165) is 29.0 Å². The molecule has 5 nitrogen and oxygen atoms in total. The van der Waals surface area contributed by atoms with Crippen LogP contribution in [0.5, 0.6) is 0 Å². The first-order valence-electron chi connectivity index (χ1n) is 8.77. The van der Waals surface area contributed by atoms with Gasteiger partial charge in [0.25, 0.3) is 5.91 Å². The number of amides is 1. The Balaban J connectivity index is 2.08. The van der Waals surface area contributed by atoms with E-state index in [9.17, 15) is 22.8 Å². The summed E-state index contributed by atoms with van der Waals surface area (Å²) in [4.78, 5) is 30.5. The van der Waals surface area contributed by atoms with Crippen LogP contribution in [0.2, 0.25) is 0 Å². The molecule has 0 N–H and O–H groups in total. The summed E-state index contributed by atoms with van der Waals surface area (Å²) in [5.41, 5.74) is 0.894. The molecule has 1 aromatic heterocycles. The minimum Gasteiger partial charge on any atom is -0.451 e. The zero-order chi connectivity index (χ0) is 21.8. The van der Waals surface area contributed by atoms with Gasteiger partial charge in [0.1, 0.15) is 9.88 Å². The molecule has 1 heterocycles. The van der Waals surface area contributed by atoms with Gasteiger partial charge in [-0.05, 0) is 32.9 Å². The van der Waals surface area contributed by atoms with Crippen LogP contribution in [-0.4, -0.2) is 41.5 Å². The van der Waals surface area contributed by atoms with Crippen molar-refractivity contribution in [1.29, 1.82) is 0 Å². The third-order valence-corrected chi connectivity index (χ3v) is 5.15. The Morgan fingerprint density at radius 1 is 1.24 bits per heavy atom. The Morgan fingerprint density at radius 2 is 1.86 bits per heavy atom. The van der Waals surface area contributed by atoms with Crippen molar-refractivity contribution in [2.75, 3.05) is 19.7 Å². The lowest BCUT2D eigenvalue weighted by molar-refractivity contribution is -0.137. The molecular weight excluding hydrogens is 405 g/mol. The minimum absolute atomic E-state index is 0.204. The number of ether oxygens (including phenoxy) is 1. The number of aryl methyl sites for hydroxylation is 1. The van der Waals surface area contributed by atoms with Crippen LogP contribution in [0.3, 0.4) is 0 Å². The monoisotopic (exact) mass is 426 g/mol. The van der Waals surface area contributed by atoms with Gasteiger partial charge in [0.2, 0.25) is 0 Å². The maximum Gasteiger partial charge on any atom is 0.416 e. The van der Waals surface area contributed by atoms with Crippen LogP contribution in [0, 0.1) is 6.92 Å². The standard InChI is InChI=1S/C20H21F3N2O3S/c1-5-25(10-12(2)3)16(26)11-28-19(27)17-13(4)24-18(29-17)14-6-8-15(9-7-14)20(21,22)23/h6-9H,2,5,10-11H2,1,3-4H3. The molecule has 0 unspecified atom stereocenters. The SMILES string of the molecule is C=C(C)CN(CC)C(=O)COC(=O)c1sc(-c2ccc(C(F)(F)F)cc2)nc1C. The minimum atomic E-state index is -4.42. The third kappa shape index (κ3) is 5.90. The van der Waals surface area contributed by atoms with Gasteiger partial charge in [0, 0.05) is 18.7 Å². The van der Waals surface area contributed by atoms with E-state index in [-0.39, 0.29) is 10.8 Å². The molecule has 156 valence electrons. The van der Waals surface area contributed by atoms with E-state index in [1.54, 1.807) is 13.8 Å². The van der Waals surface area contributed by atoms with Crippen LogP contribution in [0.4, 0.5) is 13.2 Å². The number of hydrogen-bond acceptors (Lipinski definition) is 5. The predicted octanol–water partition coefficient (Wildman–Crippen LogP) is 4.72. The molecule has 0 bridgehead atoms. The molecule has 1 amide bonds. The van der Waals surface area contributed by atoms with E-state index < -0.39 is 24.3 Å². The fourth-order valence-electron chi connectivity index (χ4n) is 2.50. The van der Waals surface area contributed by atoms with Crippen molar-refractivity contribution in [1.82, 2.24) is 9.88 Å². The lowest BCUT2D eigenvalue weighted by Crippen LogP contribution is -2.35. The average molecular weight is 426 g/mol. The van der Waals surface area contributed by atoms with Crippen molar-refractivity contribution in [2.45, 2.75) is 26.9 Å². The molecule has 0 saturated heterocycles. The highest BCUT2D eigenvalue weighted by Crippen LogP contribution is 2.33. The van der Waals surface area contributed by atoms with Gasteiger partial charge in [-0.2, -0.15) is 13.2 Å². The first kappa shape index (κ1) is 22.6. The summed E-state index contributed by atoms with van der Waals surface area (Å²) in [6.07, 6.45) is -4.42. The average Bonchev–Trinajstić information content (AvgIpc) is 3.05. The van der Waals surface area contributed by atoms with Crippen LogP contribution in [-0.2, 0) is 15.7 Å². The van der Waals surface area contributed by atoms with E-state index in [0.29, 0.717) is 29.4 Å². The predicted molar refractivity (Wildman–Crippen MR) is 105 cm³/mol. The lowest BCUT2D eigenvalue weighted by atomic mass is 10.1. The number of aromatic nitrogens is 1. The molecular formula is C20H21F3N2O3S. The van der Waals surface area contributed by atoms with E-state index in [4.69, 9.17) is 4.74 Å². The zero-order valence-corrected chi connectivity index (χ0v) is 17.1. The van der Waals surface area contributed by atoms with E-state index in [2.05, 4.69) is 11.6 Å². The topological polar surface area (TPSA) is 59.5 Å². The van der Waals surface area contributed by atoms with Crippen LogP contribution < -0.4 is 0 Å². The number of carbonyl (C=O) groups is 2. The Bertz CT molecular complexity index is 905. The molecule has 29 heavy (non-hydrogen) atoms. The molecule has 0 aliphatic carbocycles. The summed E-state index contributed by atoms with van der Waals surface area (Å²) in [7, 11) is 0. The number of alkyl halides is 3. The highest BCUT2D eigenvalue weighted by Gasteiger charge is 2.30. The molecule has 2 rings (SSSR count). The summed E-state index contributed by atoms with van der Waals surface area (Å²) >= 11 is 1.00. The van der Waals surface area contributed by atoms with Gasteiger partial charge in [-0.3, -0.25) is 4.79 Å². The van der Waals surface area contributed by atoms with Crippen molar-refractivity contribution >= 4 is 23.2 Å². The van der Waals surface area contributed by atoms with Gasteiger partial charge in [-0.15, -0.1) is 11.3 Å². The number of hydrogen-bond donors (Lipinski definition) is 0. The van der Waals surface area contributed by atoms with Crippen LogP contribution in [0.15, 0.2) is 36.4 Å². The number of halogens is 3. The number of esters is 1. The summed E-state index contributed by atoms with van der Waals surface area (Å²) in [6, 6.07) is 4.53. The molecule has 0 atom stereocenters. The number of rotatable bonds is 7. The molecule has 0 aliphatic rings. The van der Waals surface area contributed by atoms with E-state index >= 15 is 0 Å². The Morgan fingerprint density at radius 3 is 2.38 bits per heavy atom. The van der Waals surface area contributed by atoms with Gasteiger partial charge in [-0.25, -0.2) is 9.78 Å². The van der Waals surface area contributed by atoms with Crippen molar-refractivity contribution in [3.8, 4) is 10.6 Å². The highest BCUT2D eigenvalue weighted by atomic mass is 32.1. The number of benzene rings is 1. The number of thiazole rings is 1. The summed E-state index contributed by atoms with van der Waals surface area (Å²) in [5, 5.41) is 0.395. The molecule has 0 fully saturated rings. The van der Waals surface area contributed by atoms with Crippen LogP contribution >= 0.6 is 11.3 Å². The second kappa shape index (κ2) is 9.21. The summed E-state index contributed by atoms with van der Waals surface area (Å²) in [5.74, 6) is -1.04. The van der Waals surface area contributed by atoms with Crippen molar-refractivity contribution in [2.24, 2.45) is 0 Å². The first-order valence-corrected chi connectivity index (χ1v) is 9.59. The number of nitrogens with zero attached hydrogens (tertiary/aromatic N) is 2. The molecule has 9 heteroatoms. The quantitative estimate of drug-likeness (QED) is 0.475. The van der Waals surface area contributed by atoms with Gasteiger partial charge in [-0.1, -0.05) is 24.3 Å². The maximum absolute atomic E-state index is 12.7. The van der Waals surface area contributed by atoms with Crippen molar-refractivity contribution in [3.05, 3.63) is 52.6 Å². The lowest BCUT2D eigenvalue weighted by Gasteiger charge is -2.20. The second-order valence-electron chi connectivity index (χ2n) is 6.45. The fraction of sp³-hybridized carbons (Fsp3) is 0.350. The maximum atomic E-state index is 12.7. The normalized spacial score (nSPS) is 11.2. The van der Waals surface area contributed by atoms with Gasteiger partial charge in [0.05, 0.1) is 11.3 Å². The van der Waals surface area contributed by atoms with Crippen LogP contribution in [0.25, 0.3) is 10.6 Å². The van der Waals surface area contributed by atoms with Crippen LogP contribution in [0.1, 0.15) is 34.8 Å². The Labute approximate surface area is 170 Å². The first-order chi connectivity index (χ1) is 13.5.